The van der Waals surface area contributed by atoms with Crippen LogP contribution < -0.4 is 0 Å². The highest BCUT2D eigenvalue weighted by Crippen LogP contribution is 2.25. The third-order valence-electron chi connectivity index (χ3n) is 3.04. The van der Waals surface area contributed by atoms with Crippen LogP contribution in [0.3, 0.4) is 0 Å². The van der Waals surface area contributed by atoms with Crippen LogP contribution in [0.15, 0.2) is 53.9 Å². The van der Waals surface area contributed by atoms with Gasteiger partial charge in [0.25, 0.3) is 0 Å². The van der Waals surface area contributed by atoms with E-state index < -0.39 is 5.97 Å². The number of para-hydroxylation sites is 1. The summed E-state index contributed by atoms with van der Waals surface area (Å²) in [6, 6.07) is 10.6. The van der Waals surface area contributed by atoms with E-state index in [0.717, 1.165) is 17.1 Å². The van der Waals surface area contributed by atoms with Crippen LogP contribution in [-0.4, -0.2) is 30.7 Å². The quantitative estimate of drug-likeness (QED) is 0.588. The first-order valence-corrected chi connectivity index (χ1v) is 7.26. The molecule has 2 aromatic heterocycles. The van der Waals surface area contributed by atoms with Crippen molar-refractivity contribution >= 4 is 33.7 Å². The van der Waals surface area contributed by atoms with Gasteiger partial charge in [-0.25, -0.2) is 9.97 Å². The summed E-state index contributed by atoms with van der Waals surface area (Å²) in [5.41, 5.74) is 1.03. The lowest BCUT2D eigenvalue weighted by Gasteiger charge is -2.06. The van der Waals surface area contributed by atoms with Crippen LogP contribution in [0.25, 0.3) is 10.9 Å². The van der Waals surface area contributed by atoms with Crippen molar-refractivity contribution in [1.82, 2.24) is 14.5 Å². The summed E-state index contributed by atoms with van der Waals surface area (Å²) in [6.07, 6.45) is 3.10. The van der Waals surface area contributed by atoms with E-state index in [4.69, 9.17) is 5.11 Å². The first-order valence-electron chi connectivity index (χ1n) is 6.44. The van der Waals surface area contributed by atoms with Crippen LogP contribution in [0.1, 0.15) is 10.5 Å². The van der Waals surface area contributed by atoms with Gasteiger partial charge in [0.15, 0.2) is 5.16 Å². The number of thioether (sulfide) groups is 1. The van der Waals surface area contributed by atoms with Crippen molar-refractivity contribution in [3.63, 3.8) is 0 Å². The van der Waals surface area contributed by atoms with Gasteiger partial charge in [-0.05, 0) is 30.0 Å². The number of benzene rings is 1. The molecule has 22 heavy (non-hydrogen) atoms. The van der Waals surface area contributed by atoms with Crippen molar-refractivity contribution in [2.24, 2.45) is 0 Å². The highest BCUT2D eigenvalue weighted by atomic mass is 32.2. The third-order valence-corrected chi connectivity index (χ3v) is 3.83. The van der Waals surface area contributed by atoms with Crippen LogP contribution in [0.4, 0.5) is 0 Å². The van der Waals surface area contributed by atoms with E-state index in [0.29, 0.717) is 16.4 Å². The first kappa shape index (κ1) is 14.3. The zero-order chi connectivity index (χ0) is 15.5. The number of hydrogen-bond acceptors (Lipinski definition) is 5. The molecule has 0 spiro atoms. The Kier molecular flexibility index (Phi) is 3.88. The second-order valence-corrected chi connectivity index (χ2v) is 5.43. The molecule has 1 N–H and O–H groups in total. The van der Waals surface area contributed by atoms with Gasteiger partial charge in [-0.15, -0.1) is 0 Å². The van der Waals surface area contributed by atoms with Gasteiger partial charge in [-0.1, -0.05) is 18.2 Å². The molecule has 1 aromatic carbocycles. The molecule has 3 rings (SSSR count). The number of carbonyl (C=O) groups is 2. The van der Waals surface area contributed by atoms with E-state index >= 15 is 0 Å². The molecule has 0 atom stereocenters. The summed E-state index contributed by atoms with van der Waals surface area (Å²) >= 11 is 0.878. The molecule has 0 bridgehead atoms. The standard InChI is InChI=1S/C15H11N3O3S/c19-13(20)9-18-11-5-2-1-4-10(11)8-12(18)14(21)22-15-16-6-3-7-17-15/h1-8H,9H2,(H,19,20). The minimum Gasteiger partial charge on any atom is -0.480 e. The van der Waals surface area contributed by atoms with Gasteiger partial charge < -0.3 is 9.67 Å². The number of aromatic nitrogens is 3. The zero-order valence-corrected chi connectivity index (χ0v) is 12.2. The number of carboxylic acid groups (broad SMARTS) is 1. The maximum atomic E-state index is 12.5. The fourth-order valence-corrected chi connectivity index (χ4v) is 2.83. The van der Waals surface area contributed by atoms with E-state index in [1.54, 1.807) is 30.6 Å². The minimum atomic E-state index is -1.00. The fourth-order valence-electron chi connectivity index (χ4n) is 2.16. The molecule has 0 fully saturated rings. The lowest BCUT2D eigenvalue weighted by molar-refractivity contribution is -0.137. The number of nitrogens with zero attached hydrogens (tertiary/aromatic N) is 3. The summed E-state index contributed by atoms with van der Waals surface area (Å²) in [6.45, 7) is -0.273. The molecular weight excluding hydrogens is 302 g/mol. The second-order valence-electron chi connectivity index (χ2n) is 4.49. The van der Waals surface area contributed by atoms with Gasteiger partial charge in [0.2, 0.25) is 5.12 Å². The van der Waals surface area contributed by atoms with Gasteiger partial charge in [0.05, 0.1) is 5.69 Å². The molecule has 110 valence electrons. The molecular formula is C15H11N3O3S. The van der Waals surface area contributed by atoms with Crippen molar-refractivity contribution in [2.75, 3.05) is 0 Å². The summed E-state index contributed by atoms with van der Waals surface area (Å²) in [4.78, 5) is 31.5. The van der Waals surface area contributed by atoms with Gasteiger partial charge in [-0.2, -0.15) is 0 Å². The minimum absolute atomic E-state index is 0.273. The Balaban J connectivity index is 2.01. The lowest BCUT2D eigenvalue weighted by Crippen LogP contribution is -2.13. The SMILES string of the molecule is O=C(O)Cn1c(C(=O)Sc2ncccn2)cc2ccccc21. The smallest absolute Gasteiger partial charge is 0.323 e. The molecule has 0 aliphatic rings. The first-order chi connectivity index (χ1) is 10.6. The Morgan fingerprint density at radius 1 is 1.14 bits per heavy atom. The van der Waals surface area contributed by atoms with E-state index in [9.17, 15) is 9.59 Å². The van der Waals surface area contributed by atoms with Crippen molar-refractivity contribution in [2.45, 2.75) is 11.7 Å². The molecule has 3 aromatic rings. The molecule has 2 heterocycles. The van der Waals surface area contributed by atoms with E-state index in [-0.39, 0.29) is 11.7 Å². The van der Waals surface area contributed by atoms with Gasteiger partial charge in [0, 0.05) is 23.3 Å². The molecule has 0 unspecified atom stereocenters. The molecule has 6 nitrogen and oxygen atoms in total. The Labute approximate surface area is 129 Å². The van der Waals surface area contributed by atoms with Gasteiger partial charge >= 0.3 is 5.97 Å². The topological polar surface area (TPSA) is 85.1 Å². The molecule has 7 heteroatoms. The van der Waals surface area contributed by atoms with Crippen LogP contribution in [0, 0.1) is 0 Å². The normalized spacial score (nSPS) is 10.7. The lowest BCUT2D eigenvalue weighted by atomic mass is 10.2. The van der Waals surface area contributed by atoms with E-state index in [2.05, 4.69) is 9.97 Å². The summed E-state index contributed by atoms with van der Waals surface area (Å²) in [5, 5.41) is 9.94. The van der Waals surface area contributed by atoms with Gasteiger partial charge in [-0.3, -0.25) is 9.59 Å². The number of fused-ring (bicyclic) bond motifs is 1. The number of hydrogen-bond donors (Lipinski definition) is 1. The number of carboxylic acids is 1. The van der Waals surface area contributed by atoms with Crippen LogP contribution in [-0.2, 0) is 11.3 Å². The van der Waals surface area contributed by atoms with Gasteiger partial charge in [0.1, 0.15) is 6.54 Å². The Morgan fingerprint density at radius 2 is 1.86 bits per heavy atom. The molecule has 0 amide bonds. The average molecular weight is 313 g/mol. The largest absolute Gasteiger partial charge is 0.480 e. The van der Waals surface area contributed by atoms with Crippen LogP contribution in [0.5, 0.6) is 0 Å². The Morgan fingerprint density at radius 3 is 2.59 bits per heavy atom. The molecule has 0 saturated carbocycles. The van der Waals surface area contributed by atoms with Crippen LogP contribution in [0.2, 0.25) is 0 Å². The third kappa shape index (κ3) is 2.84. The highest BCUT2D eigenvalue weighted by Gasteiger charge is 2.19. The molecule has 0 radical (unpaired) electrons. The summed E-state index contributed by atoms with van der Waals surface area (Å²) in [7, 11) is 0. The van der Waals surface area contributed by atoms with E-state index in [1.807, 2.05) is 18.2 Å². The predicted molar refractivity (Wildman–Crippen MR) is 81.8 cm³/mol. The average Bonchev–Trinajstić information content (AvgIpc) is 2.87. The monoisotopic (exact) mass is 313 g/mol. The molecule has 0 saturated heterocycles. The second kappa shape index (κ2) is 5.98. The van der Waals surface area contributed by atoms with Crippen LogP contribution >= 0.6 is 11.8 Å². The number of aliphatic carboxylic acids is 1. The molecule has 0 aliphatic heterocycles. The maximum absolute atomic E-state index is 12.5. The number of rotatable bonds is 4. The summed E-state index contributed by atoms with van der Waals surface area (Å²) < 4.78 is 1.50. The van der Waals surface area contributed by atoms with Crippen molar-refractivity contribution in [3.05, 3.63) is 54.5 Å². The number of carbonyl (C=O) groups excluding carboxylic acids is 1. The van der Waals surface area contributed by atoms with Crippen molar-refractivity contribution < 1.29 is 14.7 Å². The predicted octanol–water partition coefficient (Wildman–Crippen LogP) is 2.45. The van der Waals surface area contributed by atoms with Crippen molar-refractivity contribution in [1.29, 1.82) is 0 Å². The van der Waals surface area contributed by atoms with E-state index in [1.165, 1.54) is 4.57 Å². The Hall–Kier alpha value is -2.67. The molecule has 0 aliphatic carbocycles. The highest BCUT2D eigenvalue weighted by molar-refractivity contribution is 8.14. The van der Waals surface area contributed by atoms with Crippen molar-refractivity contribution in [3.8, 4) is 0 Å². The Bertz CT molecular complexity index is 846. The summed E-state index contributed by atoms with van der Waals surface area (Å²) in [5.74, 6) is -1.00. The fraction of sp³-hybridized carbons (Fsp3) is 0.0667. The zero-order valence-electron chi connectivity index (χ0n) is 11.3. The maximum Gasteiger partial charge on any atom is 0.323 e.